The number of nitrogens with one attached hydrogen (secondary N) is 3. The fourth-order valence-corrected chi connectivity index (χ4v) is 4.85. The minimum Gasteiger partial charge on any atom is -0.444 e. The lowest BCUT2D eigenvalue weighted by atomic mass is 9.65. The first-order chi connectivity index (χ1) is 18.0. The number of alkyl carbamates (subject to hydrolysis) is 1. The quantitative estimate of drug-likeness (QED) is 0.381. The molecule has 2 saturated carbocycles. The molecule has 3 fully saturated rings. The molecule has 3 atom stereocenters. The third-order valence-corrected chi connectivity index (χ3v) is 6.57. The van der Waals surface area contributed by atoms with E-state index in [4.69, 9.17) is 4.74 Å². The second-order valence-corrected chi connectivity index (χ2v) is 12.7. The number of carbonyl (C=O) groups excluding carboxylic acids is 4. The van der Waals surface area contributed by atoms with Crippen LogP contribution in [-0.4, -0.2) is 76.2 Å². The topological polar surface area (TPSA) is 137 Å². The Hall–Kier alpha value is -2.36. The predicted molar refractivity (Wildman–Crippen MR) is 152 cm³/mol. The third-order valence-electron chi connectivity index (χ3n) is 6.57. The summed E-state index contributed by atoms with van der Waals surface area (Å²) < 4.78 is 5.16. The molecule has 0 aromatic rings. The number of hydrogen-bond donors (Lipinski definition) is 4. The average Bonchev–Trinajstić information content (AvgIpc) is 3.53. The van der Waals surface area contributed by atoms with Gasteiger partial charge in [0.05, 0.1) is 5.54 Å². The number of likely N-dealkylation sites (tertiary alicyclic amines) is 1. The molecule has 0 radical (unpaired) electrons. The van der Waals surface area contributed by atoms with Gasteiger partial charge in [-0.1, -0.05) is 48.5 Å². The van der Waals surface area contributed by atoms with Gasteiger partial charge < -0.3 is 30.7 Å². The summed E-state index contributed by atoms with van der Waals surface area (Å²) in [6.07, 6.45) is 1.40. The lowest BCUT2D eigenvalue weighted by molar-refractivity contribution is -0.147. The van der Waals surface area contributed by atoms with Gasteiger partial charge >= 0.3 is 6.09 Å². The molecule has 1 aliphatic heterocycles. The number of nitrogens with zero attached hydrogens (tertiary/aromatic N) is 1. The standard InChI is InChI=1S/C23H38N4O6.C4H10.C2H6/c1-13-10-23(11-13,18(29)20(31)25-15-6-7-15)26-19(30)17-14(2)8-9-27(17)16(28)12-24-21(32)33-22(3,4)5;1-4(2)3;1-2/h13-15,17-18,29H,6-12H2,1-5H3,(H,24,32)(H,25,31)(H,26,30);4H,1-3H3;1-2H3. The van der Waals surface area contributed by atoms with Gasteiger partial charge in [0.1, 0.15) is 18.2 Å². The van der Waals surface area contributed by atoms with Crippen molar-refractivity contribution in [1.82, 2.24) is 20.9 Å². The van der Waals surface area contributed by atoms with E-state index in [0.29, 0.717) is 25.8 Å². The Morgan fingerprint density at radius 1 is 1.03 bits per heavy atom. The number of rotatable bonds is 7. The van der Waals surface area contributed by atoms with Crippen LogP contribution in [0.25, 0.3) is 0 Å². The van der Waals surface area contributed by atoms with E-state index in [2.05, 4.69) is 36.7 Å². The number of ether oxygens (including phenoxy) is 1. The van der Waals surface area contributed by atoms with Crippen LogP contribution in [0.5, 0.6) is 0 Å². The van der Waals surface area contributed by atoms with Crippen LogP contribution in [0.4, 0.5) is 4.79 Å². The molecule has 1 saturated heterocycles. The molecule has 0 bridgehead atoms. The second kappa shape index (κ2) is 14.9. The zero-order chi connectivity index (χ0) is 30.1. The van der Waals surface area contributed by atoms with E-state index in [-0.39, 0.29) is 36.2 Å². The summed E-state index contributed by atoms with van der Waals surface area (Å²) >= 11 is 0. The molecule has 4 amide bonds. The van der Waals surface area contributed by atoms with E-state index in [1.165, 1.54) is 4.90 Å². The van der Waals surface area contributed by atoms with E-state index < -0.39 is 35.3 Å². The van der Waals surface area contributed by atoms with E-state index in [0.717, 1.165) is 18.8 Å². The molecule has 10 nitrogen and oxygen atoms in total. The normalized spacial score (nSPS) is 26.6. The van der Waals surface area contributed by atoms with Crippen molar-refractivity contribution in [3.05, 3.63) is 0 Å². The van der Waals surface area contributed by atoms with E-state index in [1.807, 2.05) is 27.7 Å². The Bertz CT molecular complexity index is 827. The van der Waals surface area contributed by atoms with Crippen molar-refractivity contribution < 1.29 is 29.0 Å². The summed E-state index contributed by atoms with van der Waals surface area (Å²) in [5, 5.41) is 19.0. The SMILES string of the molecule is CC.CC(C)C.CC1CC(NC(=O)C2C(C)CCN2C(=O)CNC(=O)OC(C)(C)C)(C(O)C(=O)NC2CC2)C1. The predicted octanol–water partition coefficient (Wildman–Crippen LogP) is 3.36. The molecule has 10 heteroatoms. The highest BCUT2D eigenvalue weighted by molar-refractivity contribution is 5.91. The smallest absolute Gasteiger partial charge is 0.408 e. The largest absolute Gasteiger partial charge is 0.444 e. The van der Waals surface area contributed by atoms with E-state index in [9.17, 15) is 24.3 Å². The highest BCUT2D eigenvalue weighted by Crippen LogP contribution is 2.41. The maximum absolute atomic E-state index is 13.3. The monoisotopic (exact) mass is 554 g/mol. The average molecular weight is 555 g/mol. The molecule has 4 N–H and O–H groups in total. The van der Waals surface area contributed by atoms with Crippen molar-refractivity contribution in [3.8, 4) is 0 Å². The summed E-state index contributed by atoms with van der Waals surface area (Å²) in [5.74, 6) is -0.212. The van der Waals surface area contributed by atoms with Crippen molar-refractivity contribution in [2.75, 3.05) is 13.1 Å². The Balaban J connectivity index is 0.00000116. The van der Waals surface area contributed by atoms with Crippen molar-refractivity contribution in [2.24, 2.45) is 17.8 Å². The maximum atomic E-state index is 13.3. The molecule has 39 heavy (non-hydrogen) atoms. The van der Waals surface area contributed by atoms with Crippen LogP contribution in [0, 0.1) is 17.8 Å². The van der Waals surface area contributed by atoms with E-state index >= 15 is 0 Å². The fraction of sp³-hybridized carbons (Fsp3) is 0.862. The highest BCUT2D eigenvalue weighted by atomic mass is 16.6. The zero-order valence-electron chi connectivity index (χ0n) is 25.8. The van der Waals surface area contributed by atoms with Gasteiger partial charge in [0.25, 0.3) is 5.91 Å². The van der Waals surface area contributed by atoms with Crippen LogP contribution in [0.15, 0.2) is 0 Å². The Labute approximate surface area is 235 Å². The zero-order valence-corrected chi connectivity index (χ0v) is 25.8. The second-order valence-electron chi connectivity index (χ2n) is 12.7. The molecular formula is C29H54N4O6. The number of carbonyl (C=O) groups is 4. The maximum Gasteiger partial charge on any atom is 0.408 e. The highest BCUT2D eigenvalue weighted by Gasteiger charge is 2.53. The summed E-state index contributed by atoms with van der Waals surface area (Å²) in [4.78, 5) is 52.0. The van der Waals surface area contributed by atoms with Crippen LogP contribution >= 0.6 is 0 Å². The fourth-order valence-electron chi connectivity index (χ4n) is 4.85. The summed E-state index contributed by atoms with van der Waals surface area (Å²) in [6.45, 7) is 19.7. The van der Waals surface area contributed by atoms with Gasteiger partial charge in [-0.3, -0.25) is 14.4 Å². The van der Waals surface area contributed by atoms with Crippen LogP contribution in [0.1, 0.15) is 101 Å². The van der Waals surface area contributed by atoms with Crippen molar-refractivity contribution in [3.63, 3.8) is 0 Å². The molecular weight excluding hydrogens is 500 g/mol. The van der Waals surface area contributed by atoms with Gasteiger partial charge in [0, 0.05) is 12.6 Å². The van der Waals surface area contributed by atoms with Gasteiger partial charge in [0.2, 0.25) is 11.8 Å². The first kappa shape index (κ1) is 34.7. The number of aliphatic hydroxyl groups is 1. The molecule has 0 aromatic heterocycles. The molecule has 3 rings (SSSR count). The number of aliphatic hydroxyl groups excluding tert-OH is 1. The van der Waals surface area contributed by atoms with Crippen LogP contribution in [0.2, 0.25) is 0 Å². The van der Waals surface area contributed by atoms with Crippen LogP contribution in [-0.2, 0) is 19.1 Å². The first-order valence-electron chi connectivity index (χ1n) is 14.6. The minimum absolute atomic E-state index is 0.0949. The molecule has 3 aliphatic rings. The van der Waals surface area contributed by atoms with Gasteiger partial charge in [0.15, 0.2) is 6.10 Å². The van der Waals surface area contributed by atoms with E-state index in [1.54, 1.807) is 20.8 Å². The Morgan fingerprint density at radius 3 is 2.03 bits per heavy atom. The Kier molecular flexibility index (Phi) is 13.2. The molecule has 0 spiro atoms. The molecule has 226 valence electrons. The summed E-state index contributed by atoms with van der Waals surface area (Å²) in [6, 6.07) is -0.623. The number of amides is 4. The first-order valence-corrected chi connectivity index (χ1v) is 14.6. The van der Waals surface area contributed by atoms with Crippen LogP contribution < -0.4 is 16.0 Å². The molecule has 3 unspecified atom stereocenters. The third kappa shape index (κ3) is 11.0. The van der Waals surface area contributed by atoms with Gasteiger partial charge in [-0.05, 0) is 70.6 Å². The summed E-state index contributed by atoms with van der Waals surface area (Å²) in [7, 11) is 0. The molecule has 2 aliphatic carbocycles. The lowest BCUT2D eigenvalue weighted by Gasteiger charge is -2.50. The van der Waals surface area contributed by atoms with Gasteiger partial charge in [-0.15, -0.1) is 0 Å². The van der Waals surface area contributed by atoms with Crippen molar-refractivity contribution in [2.45, 2.75) is 131 Å². The van der Waals surface area contributed by atoms with Crippen molar-refractivity contribution in [1.29, 1.82) is 0 Å². The Morgan fingerprint density at radius 2 is 1.56 bits per heavy atom. The lowest BCUT2D eigenvalue weighted by Crippen LogP contribution is -2.69. The summed E-state index contributed by atoms with van der Waals surface area (Å²) in [5.41, 5.74) is -1.71. The minimum atomic E-state index is -1.34. The molecule has 0 aromatic carbocycles. The van der Waals surface area contributed by atoms with Crippen molar-refractivity contribution >= 4 is 23.8 Å². The van der Waals surface area contributed by atoms with Gasteiger partial charge in [-0.25, -0.2) is 4.79 Å². The van der Waals surface area contributed by atoms with Crippen LogP contribution in [0.3, 0.4) is 0 Å². The number of hydrogen-bond acceptors (Lipinski definition) is 6. The molecule has 1 heterocycles. The van der Waals surface area contributed by atoms with Gasteiger partial charge in [-0.2, -0.15) is 0 Å².